The summed E-state index contributed by atoms with van der Waals surface area (Å²) in [6, 6.07) is 165. The number of pyridine rings is 2. The van der Waals surface area contributed by atoms with E-state index in [9.17, 15) is 0 Å². The first-order valence-corrected chi connectivity index (χ1v) is 42.4. The van der Waals surface area contributed by atoms with Gasteiger partial charge in [-0.25, -0.2) is 29.9 Å². The Kier molecular flexibility index (Phi) is 19.5. The monoisotopic (exact) mass is 1590 g/mol. The molecule has 7 heteroatoms. The largest absolute Gasteiger partial charge is 0.309 e. The summed E-state index contributed by atoms with van der Waals surface area (Å²) in [5, 5.41) is 9.47. The predicted octanol–water partition coefficient (Wildman–Crippen LogP) is 30.8. The van der Waals surface area contributed by atoms with Crippen LogP contribution in [0.5, 0.6) is 0 Å². The van der Waals surface area contributed by atoms with Crippen molar-refractivity contribution < 1.29 is 0 Å². The maximum Gasteiger partial charge on any atom is 0.160 e. The molecule has 0 saturated carbocycles. The Balaban J connectivity index is 0.000000148. The van der Waals surface area contributed by atoms with Crippen molar-refractivity contribution in [2.45, 2.75) is 0 Å². The minimum absolute atomic E-state index is 0.682. The normalized spacial score (nSPS) is 11.4. The van der Waals surface area contributed by atoms with Crippen LogP contribution in [0, 0.1) is 0 Å². The number of nitrogens with zero attached hydrogens (tertiary/aromatic N) is 7. The summed E-state index contributed by atoms with van der Waals surface area (Å²) < 4.78 is 2.34. The number of rotatable bonds is 15. The van der Waals surface area contributed by atoms with Gasteiger partial charge in [-0.3, -0.25) is 0 Å². The molecule has 18 aromatic carbocycles. The number of hydrogen-bond acceptors (Lipinski definition) is 6. The van der Waals surface area contributed by atoms with Crippen LogP contribution >= 0.6 is 0 Å². The third-order valence-corrected chi connectivity index (χ3v) is 23.9. The number of para-hydroxylation sites is 2. The highest BCUT2D eigenvalue weighted by Gasteiger charge is 2.22. The second-order valence-corrected chi connectivity index (χ2v) is 31.6. The van der Waals surface area contributed by atoms with Crippen LogP contribution in [0.2, 0.25) is 0 Å². The van der Waals surface area contributed by atoms with E-state index >= 15 is 0 Å². The minimum atomic E-state index is 0.682. The molecule has 0 aliphatic rings. The second-order valence-electron chi connectivity index (χ2n) is 31.6. The lowest BCUT2D eigenvalue weighted by molar-refractivity contribution is 1.17. The first-order valence-electron chi connectivity index (χ1n) is 42.4. The van der Waals surface area contributed by atoms with Gasteiger partial charge in [0.25, 0.3) is 0 Å². The molecule has 0 aliphatic heterocycles. The standard InChI is InChI=1S/C59H38N4.C59H39N3/c1-4-15-40(16-5-1)47-23-14-24-51-57(47)50-36-33-45(37-54(50)60-58(51)43-17-6-2-7-18-43)39-27-29-41(30-28-39)52-38-53(62-59(61-52)44-19-8-3-9-20-44)42-31-34-46(35-32-42)63-55-25-12-10-21-48(55)49-22-11-13-26-56(49)63;1-5-16-40(17-6-1)46-24-13-26-49(36-46)55-39-54(61-59(62-55)50-27-14-25-47(37-50)41-18-7-2-8-19-41)44-32-30-42(31-33-44)48-34-35-52-56(38-48)60-58(45-22-11-4-12-23-45)53-29-15-28-51(57(52)53)43-20-9-3-10-21-43/h1-38H;1-39H. The first-order chi connectivity index (χ1) is 61.9. The molecule has 0 radical (unpaired) electrons. The van der Waals surface area contributed by atoms with Gasteiger partial charge >= 0.3 is 0 Å². The molecular weight excluding hydrogens is 1520 g/mol. The van der Waals surface area contributed by atoms with Crippen molar-refractivity contribution in [3.8, 4) is 163 Å². The topological polar surface area (TPSA) is 82.3 Å². The summed E-state index contributed by atoms with van der Waals surface area (Å²) in [5.41, 5.74) is 32.9. The third kappa shape index (κ3) is 14.6. The molecule has 5 aromatic heterocycles. The Labute approximate surface area is 724 Å². The molecule has 584 valence electrons. The van der Waals surface area contributed by atoms with E-state index in [1.165, 1.54) is 60.4 Å². The lowest BCUT2D eigenvalue weighted by Gasteiger charge is -2.15. The molecule has 0 bridgehead atoms. The van der Waals surface area contributed by atoms with E-state index in [-0.39, 0.29) is 0 Å². The van der Waals surface area contributed by atoms with Crippen LogP contribution in [0.3, 0.4) is 0 Å². The molecule has 0 N–H and O–H groups in total. The zero-order valence-electron chi connectivity index (χ0n) is 68.1. The highest BCUT2D eigenvalue weighted by molar-refractivity contribution is 6.19. The van der Waals surface area contributed by atoms with Gasteiger partial charge in [-0.15, -0.1) is 0 Å². The number of benzene rings is 18. The number of fused-ring (bicyclic) bond motifs is 9. The minimum Gasteiger partial charge on any atom is -0.309 e. The third-order valence-electron chi connectivity index (χ3n) is 23.9. The molecule has 0 saturated heterocycles. The van der Waals surface area contributed by atoms with Crippen molar-refractivity contribution in [2.24, 2.45) is 0 Å². The van der Waals surface area contributed by atoms with E-state index < -0.39 is 0 Å². The maximum absolute atomic E-state index is 5.37. The summed E-state index contributed by atoms with van der Waals surface area (Å²) in [4.78, 5) is 31.5. The van der Waals surface area contributed by atoms with Crippen molar-refractivity contribution in [3.63, 3.8) is 0 Å². The predicted molar refractivity (Wildman–Crippen MR) is 520 cm³/mol. The zero-order chi connectivity index (χ0) is 82.9. The van der Waals surface area contributed by atoms with E-state index in [4.69, 9.17) is 29.9 Å². The Bertz CT molecular complexity index is 7790. The van der Waals surface area contributed by atoms with Crippen LogP contribution < -0.4 is 0 Å². The van der Waals surface area contributed by atoms with Gasteiger partial charge < -0.3 is 4.57 Å². The van der Waals surface area contributed by atoms with Gasteiger partial charge in [0.05, 0.1) is 56.2 Å². The molecule has 0 aliphatic carbocycles. The molecule has 125 heavy (non-hydrogen) atoms. The van der Waals surface area contributed by atoms with E-state index in [0.717, 1.165) is 156 Å². The average molecular weight is 1590 g/mol. The summed E-state index contributed by atoms with van der Waals surface area (Å²) in [7, 11) is 0. The van der Waals surface area contributed by atoms with Gasteiger partial charge in [0.1, 0.15) is 0 Å². The highest BCUT2D eigenvalue weighted by atomic mass is 15.0. The van der Waals surface area contributed by atoms with Gasteiger partial charge in [0, 0.05) is 93.3 Å². The summed E-state index contributed by atoms with van der Waals surface area (Å²) in [6.07, 6.45) is 0. The van der Waals surface area contributed by atoms with Crippen LogP contribution in [0.25, 0.3) is 228 Å². The van der Waals surface area contributed by atoms with E-state index in [0.29, 0.717) is 11.6 Å². The summed E-state index contributed by atoms with van der Waals surface area (Å²) in [6.45, 7) is 0. The van der Waals surface area contributed by atoms with Crippen LogP contribution in [0.4, 0.5) is 0 Å². The molecule has 0 unspecified atom stereocenters. The van der Waals surface area contributed by atoms with Crippen molar-refractivity contribution in [1.29, 1.82) is 0 Å². The molecule has 23 rings (SSSR count). The smallest absolute Gasteiger partial charge is 0.160 e. The number of hydrogen-bond donors (Lipinski definition) is 0. The van der Waals surface area contributed by atoms with Crippen molar-refractivity contribution in [1.82, 2.24) is 34.5 Å². The SMILES string of the molecule is c1ccc(-c2cccc(-c3cc(-c4ccc(-c5ccc6c(c5)nc(-c5ccccc5)c5cccc(-c7ccccc7)c56)cc4)nc(-c4cccc(-c5ccccc5)c4)n3)c2)cc1.c1ccc(-c2nc(-c3ccc(-c4ccc5c(c4)nc(-c4ccccc4)c4cccc(-c6ccccc6)c45)cc3)cc(-c3ccc(-n4c5ccccc5c5ccccc54)cc3)n2)cc1. The van der Waals surface area contributed by atoms with Gasteiger partial charge in [0.2, 0.25) is 0 Å². The molecule has 5 heterocycles. The fourth-order valence-corrected chi connectivity index (χ4v) is 17.8. The molecule has 0 fully saturated rings. The lowest BCUT2D eigenvalue weighted by Crippen LogP contribution is -1.97. The van der Waals surface area contributed by atoms with Gasteiger partial charge in [0.15, 0.2) is 11.6 Å². The molecular formula is C118H77N7. The van der Waals surface area contributed by atoms with Gasteiger partial charge in [-0.2, -0.15) is 0 Å². The van der Waals surface area contributed by atoms with Crippen LogP contribution in [-0.2, 0) is 0 Å². The first kappa shape index (κ1) is 74.5. The molecule has 23 aromatic rings. The van der Waals surface area contributed by atoms with E-state index in [2.05, 4.69) is 441 Å². The molecule has 0 amide bonds. The Morgan fingerprint density at radius 1 is 0.152 bits per heavy atom. The molecule has 0 spiro atoms. The van der Waals surface area contributed by atoms with Gasteiger partial charge in [-0.05, 0) is 127 Å². The molecule has 7 nitrogen and oxygen atoms in total. The van der Waals surface area contributed by atoms with Crippen LogP contribution in [0.15, 0.2) is 467 Å². The molecule has 0 atom stereocenters. The lowest BCUT2D eigenvalue weighted by atomic mass is 9.92. The summed E-state index contributed by atoms with van der Waals surface area (Å²) >= 11 is 0. The number of aromatic nitrogens is 7. The van der Waals surface area contributed by atoms with Crippen LogP contribution in [-0.4, -0.2) is 34.5 Å². The van der Waals surface area contributed by atoms with E-state index in [1.807, 2.05) is 30.3 Å². The second kappa shape index (κ2) is 32.8. The Morgan fingerprint density at radius 3 is 0.856 bits per heavy atom. The fourth-order valence-electron chi connectivity index (χ4n) is 17.8. The Morgan fingerprint density at radius 2 is 0.432 bits per heavy atom. The van der Waals surface area contributed by atoms with Crippen molar-refractivity contribution in [3.05, 3.63) is 467 Å². The summed E-state index contributed by atoms with van der Waals surface area (Å²) in [5.74, 6) is 1.37. The fraction of sp³-hybridized carbons (Fsp3) is 0. The Hall–Kier alpha value is -16.7. The zero-order valence-corrected chi connectivity index (χ0v) is 68.1. The van der Waals surface area contributed by atoms with Crippen molar-refractivity contribution >= 4 is 65.2 Å². The quantitative estimate of drug-likeness (QED) is 0.0951. The van der Waals surface area contributed by atoms with Crippen molar-refractivity contribution in [2.75, 3.05) is 0 Å². The van der Waals surface area contributed by atoms with E-state index in [1.54, 1.807) is 0 Å². The average Bonchev–Trinajstić information content (AvgIpc) is 1.73. The maximum atomic E-state index is 5.37. The highest BCUT2D eigenvalue weighted by Crippen LogP contribution is 2.44. The van der Waals surface area contributed by atoms with Gasteiger partial charge in [-0.1, -0.05) is 406 Å². The van der Waals surface area contributed by atoms with Crippen LogP contribution in [0.1, 0.15) is 0 Å².